The lowest BCUT2D eigenvalue weighted by atomic mass is 9.87. The van der Waals surface area contributed by atoms with Gasteiger partial charge in [0.1, 0.15) is 5.75 Å². The zero-order valence-corrected chi connectivity index (χ0v) is 23.8. The molecule has 0 aliphatic carbocycles. The molecule has 0 saturated heterocycles. The largest absolute Gasteiger partial charge is 0.494 e. The van der Waals surface area contributed by atoms with E-state index in [9.17, 15) is 74.6 Å². The maximum atomic E-state index is 13.9. The van der Waals surface area contributed by atoms with E-state index in [-0.39, 0.29) is 19.4 Å². The molecular weight excluding hydrogens is 691 g/mol. The van der Waals surface area contributed by atoms with Gasteiger partial charge in [-0.2, -0.15) is 99.9 Å². The van der Waals surface area contributed by atoms with E-state index in [4.69, 9.17) is 4.74 Å². The van der Waals surface area contributed by atoms with Gasteiger partial charge in [0.15, 0.2) is 0 Å². The van der Waals surface area contributed by atoms with Crippen molar-refractivity contribution in [2.45, 2.75) is 104 Å². The highest BCUT2D eigenvalue weighted by molar-refractivity contribution is 7.79. The van der Waals surface area contributed by atoms with Gasteiger partial charge in [0.2, 0.25) is 0 Å². The van der Waals surface area contributed by atoms with Crippen molar-refractivity contribution >= 4 is 25.3 Å². The highest BCUT2D eigenvalue weighted by Gasteiger charge is 2.95. The molecule has 1 aromatic carbocycles. The minimum absolute atomic E-state index is 0.00996. The minimum Gasteiger partial charge on any atom is -0.494 e. The molecule has 0 saturated carbocycles. The Morgan fingerprint density at radius 2 is 0.818 bits per heavy atom. The van der Waals surface area contributed by atoms with Gasteiger partial charge in [-0.25, -0.2) is 0 Å². The van der Waals surface area contributed by atoms with Gasteiger partial charge in [0.25, 0.3) is 0 Å². The monoisotopic (exact) mass is 716 g/mol. The standard InChI is InChI=1S/C24H25F17OS2/c25-17(26,7-5-3-1-2-4-6-8-42-16-10-14(12-43)9-15(11-16)13-44)18(27,28)19(29,30)20(31,32)21(33,34)22(35,36)23(37,38)24(39,40)41/h9-11,43-44H,1-8,12-13H2. The highest BCUT2D eigenvalue weighted by atomic mass is 32.1. The Hall–Kier alpha value is -1.47. The predicted molar refractivity (Wildman–Crippen MR) is 130 cm³/mol. The molecular formula is C24H25F17OS2. The van der Waals surface area contributed by atoms with Crippen molar-refractivity contribution < 1.29 is 79.4 Å². The number of alkyl halides is 17. The molecule has 1 nitrogen and oxygen atoms in total. The molecule has 0 atom stereocenters. The number of ether oxygens (including phenoxy) is 1. The fraction of sp³-hybridized carbons (Fsp3) is 0.750. The van der Waals surface area contributed by atoms with Crippen molar-refractivity contribution in [2.75, 3.05) is 6.61 Å². The lowest BCUT2D eigenvalue weighted by molar-refractivity contribution is -0.461. The van der Waals surface area contributed by atoms with Crippen LogP contribution in [0.1, 0.15) is 56.1 Å². The van der Waals surface area contributed by atoms with Gasteiger partial charge in [0.05, 0.1) is 6.61 Å². The summed E-state index contributed by atoms with van der Waals surface area (Å²) in [6.45, 7) is 0.189. The second kappa shape index (κ2) is 14.1. The van der Waals surface area contributed by atoms with Crippen molar-refractivity contribution in [1.82, 2.24) is 0 Å². The summed E-state index contributed by atoms with van der Waals surface area (Å²) >= 11 is 8.30. The van der Waals surface area contributed by atoms with Gasteiger partial charge in [-0.1, -0.05) is 31.7 Å². The van der Waals surface area contributed by atoms with Crippen molar-refractivity contribution in [3.8, 4) is 5.75 Å². The molecule has 44 heavy (non-hydrogen) atoms. The summed E-state index contributed by atoms with van der Waals surface area (Å²) < 4.78 is 232. The van der Waals surface area contributed by atoms with Crippen LogP contribution in [0.15, 0.2) is 18.2 Å². The molecule has 0 spiro atoms. The van der Waals surface area contributed by atoms with Gasteiger partial charge >= 0.3 is 47.6 Å². The molecule has 258 valence electrons. The van der Waals surface area contributed by atoms with Gasteiger partial charge in [0, 0.05) is 17.9 Å². The molecule has 0 heterocycles. The second-order valence-corrected chi connectivity index (χ2v) is 10.3. The minimum atomic E-state index is -8.60. The number of hydrogen-bond acceptors (Lipinski definition) is 3. The summed E-state index contributed by atoms with van der Waals surface area (Å²) in [4.78, 5) is 0. The van der Waals surface area contributed by atoms with Crippen LogP contribution in [-0.4, -0.2) is 54.2 Å². The lowest BCUT2D eigenvalue weighted by Gasteiger charge is -2.42. The highest BCUT2D eigenvalue weighted by Crippen LogP contribution is 2.64. The van der Waals surface area contributed by atoms with E-state index < -0.39 is 66.9 Å². The molecule has 0 N–H and O–H groups in total. The van der Waals surface area contributed by atoms with Crippen LogP contribution in [0.5, 0.6) is 5.75 Å². The number of benzene rings is 1. The van der Waals surface area contributed by atoms with Crippen molar-refractivity contribution in [1.29, 1.82) is 0 Å². The number of hydrogen-bond donors (Lipinski definition) is 2. The molecule has 0 radical (unpaired) electrons. The van der Waals surface area contributed by atoms with Crippen molar-refractivity contribution in [2.24, 2.45) is 0 Å². The zero-order chi connectivity index (χ0) is 34.6. The van der Waals surface area contributed by atoms with E-state index in [0.29, 0.717) is 30.1 Å². The summed E-state index contributed by atoms with van der Waals surface area (Å²) in [7, 11) is 0. The van der Waals surface area contributed by atoms with Crippen LogP contribution in [0.2, 0.25) is 0 Å². The molecule has 0 fully saturated rings. The van der Waals surface area contributed by atoms with Crippen molar-refractivity contribution in [3.05, 3.63) is 29.3 Å². The SMILES string of the molecule is FC(F)(F)C(F)(F)C(F)(F)C(F)(F)C(F)(F)C(F)(F)C(F)(F)C(F)(F)CCCCCCCCOc1cc(CS)cc(CS)c1. The Kier molecular flexibility index (Phi) is 13.0. The zero-order valence-electron chi connectivity index (χ0n) is 22.0. The third kappa shape index (κ3) is 7.73. The molecule has 0 unspecified atom stereocenters. The fourth-order valence-corrected chi connectivity index (χ4v) is 4.06. The van der Waals surface area contributed by atoms with Crippen molar-refractivity contribution in [3.63, 3.8) is 0 Å². The average molecular weight is 717 g/mol. The average Bonchev–Trinajstić information content (AvgIpc) is 2.90. The molecule has 0 aromatic heterocycles. The van der Waals surface area contributed by atoms with Gasteiger partial charge < -0.3 is 4.74 Å². The number of halogens is 17. The maximum absolute atomic E-state index is 13.9. The number of rotatable bonds is 18. The third-order valence-corrected chi connectivity index (χ3v) is 7.06. The first-order valence-corrected chi connectivity index (χ1v) is 13.6. The van der Waals surface area contributed by atoms with Gasteiger partial charge in [-0.3, -0.25) is 0 Å². The van der Waals surface area contributed by atoms with Crippen LogP contribution in [-0.2, 0) is 11.5 Å². The summed E-state index contributed by atoms with van der Waals surface area (Å²) in [5, 5.41) is 0. The van der Waals surface area contributed by atoms with Crippen LogP contribution in [0.4, 0.5) is 74.6 Å². The first kappa shape index (κ1) is 40.6. The fourth-order valence-electron chi connectivity index (χ4n) is 3.69. The second-order valence-electron chi connectivity index (χ2n) is 9.67. The Morgan fingerprint density at radius 1 is 0.455 bits per heavy atom. The molecule has 0 aliphatic rings. The van der Waals surface area contributed by atoms with E-state index in [1.165, 1.54) is 0 Å². The Bertz CT molecular complexity index is 1050. The maximum Gasteiger partial charge on any atom is 0.460 e. The van der Waals surface area contributed by atoms with Crippen LogP contribution in [0.3, 0.4) is 0 Å². The van der Waals surface area contributed by atoms with E-state index in [2.05, 4.69) is 25.3 Å². The van der Waals surface area contributed by atoms with E-state index in [1.54, 1.807) is 12.1 Å². The quantitative estimate of drug-likeness (QED) is 0.0874. The molecule has 1 aromatic rings. The molecule has 0 amide bonds. The molecule has 0 aliphatic heterocycles. The van der Waals surface area contributed by atoms with Gasteiger partial charge in [-0.05, 0) is 36.1 Å². The normalized spacial score (nSPS) is 14.7. The topological polar surface area (TPSA) is 9.23 Å². The molecule has 1 rings (SSSR count). The lowest BCUT2D eigenvalue weighted by Crippen LogP contribution is -2.74. The smallest absolute Gasteiger partial charge is 0.460 e. The predicted octanol–water partition coefficient (Wildman–Crippen LogP) is 10.7. The Morgan fingerprint density at radius 3 is 1.23 bits per heavy atom. The summed E-state index contributed by atoms with van der Waals surface area (Å²) in [6.07, 6.45) is -10.7. The van der Waals surface area contributed by atoms with E-state index >= 15 is 0 Å². The van der Waals surface area contributed by atoms with Crippen LogP contribution < -0.4 is 4.74 Å². The number of unbranched alkanes of at least 4 members (excludes halogenated alkanes) is 5. The first-order valence-electron chi connectivity index (χ1n) is 12.4. The number of thiol groups is 2. The summed E-state index contributed by atoms with van der Waals surface area (Å²) in [6, 6.07) is 5.30. The Labute approximate surface area is 250 Å². The van der Waals surface area contributed by atoms with Crippen LogP contribution >= 0.6 is 25.3 Å². The molecule has 20 heteroatoms. The molecule has 0 bridgehead atoms. The summed E-state index contributed by atoms with van der Waals surface area (Å²) in [5.41, 5.74) is 1.71. The van der Waals surface area contributed by atoms with E-state index in [0.717, 1.165) is 11.1 Å². The van der Waals surface area contributed by atoms with E-state index in [1.807, 2.05) is 6.07 Å². The van der Waals surface area contributed by atoms with Gasteiger partial charge in [-0.15, -0.1) is 0 Å². The Balaban J connectivity index is 2.78. The summed E-state index contributed by atoms with van der Waals surface area (Å²) in [5.74, 6) is -54.6. The van der Waals surface area contributed by atoms with Crippen LogP contribution in [0, 0.1) is 0 Å². The third-order valence-electron chi connectivity index (χ3n) is 6.33. The first-order chi connectivity index (χ1) is 19.7. The van der Waals surface area contributed by atoms with Crippen LogP contribution in [0.25, 0.3) is 0 Å².